The predicted molar refractivity (Wildman–Crippen MR) is 107 cm³/mol. The van der Waals surface area contributed by atoms with Gasteiger partial charge in [0.2, 0.25) is 0 Å². The van der Waals surface area contributed by atoms with E-state index in [0.29, 0.717) is 23.9 Å². The normalized spacial score (nSPS) is 19.4. The monoisotopic (exact) mass is 448 g/mol. The number of amides is 2. The molecule has 8 heteroatoms. The molecule has 4 rings (SSSR count). The van der Waals surface area contributed by atoms with E-state index in [9.17, 15) is 9.59 Å². The SMILES string of the molecule is O=C1S/C(=C/c2ccc(N3CCOCC3)o2)C(=O)N1Cc1ccc(Br)cc1. The Hall–Kier alpha value is -2.03. The third-order valence-corrected chi connectivity index (χ3v) is 5.77. The van der Waals surface area contributed by atoms with Crippen LogP contribution in [0.1, 0.15) is 11.3 Å². The van der Waals surface area contributed by atoms with E-state index in [1.165, 1.54) is 4.90 Å². The number of rotatable bonds is 4. The highest BCUT2D eigenvalue weighted by Crippen LogP contribution is 2.34. The molecule has 0 atom stereocenters. The topological polar surface area (TPSA) is 63.0 Å². The first-order valence-electron chi connectivity index (χ1n) is 8.52. The van der Waals surface area contributed by atoms with Gasteiger partial charge in [0.25, 0.3) is 11.1 Å². The van der Waals surface area contributed by atoms with Crippen molar-refractivity contribution >= 4 is 50.8 Å². The first-order chi connectivity index (χ1) is 13.1. The molecule has 2 amide bonds. The molecule has 0 radical (unpaired) electrons. The lowest BCUT2D eigenvalue weighted by Crippen LogP contribution is -2.35. The maximum absolute atomic E-state index is 12.6. The van der Waals surface area contributed by atoms with Gasteiger partial charge < -0.3 is 14.1 Å². The van der Waals surface area contributed by atoms with Crippen LogP contribution in [0.25, 0.3) is 6.08 Å². The molecule has 2 aliphatic heterocycles. The summed E-state index contributed by atoms with van der Waals surface area (Å²) in [6.45, 7) is 3.15. The summed E-state index contributed by atoms with van der Waals surface area (Å²) in [6, 6.07) is 11.2. The highest BCUT2D eigenvalue weighted by Gasteiger charge is 2.35. The third-order valence-electron chi connectivity index (χ3n) is 4.34. The fraction of sp³-hybridized carbons (Fsp3) is 0.263. The number of halogens is 1. The molecule has 27 heavy (non-hydrogen) atoms. The number of anilines is 1. The third kappa shape index (κ3) is 4.12. The zero-order chi connectivity index (χ0) is 18.8. The Morgan fingerprint density at radius 3 is 2.56 bits per heavy atom. The number of carbonyl (C=O) groups excluding carboxylic acids is 2. The van der Waals surface area contributed by atoms with E-state index in [1.54, 1.807) is 6.08 Å². The Morgan fingerprint density at radius 2 is 1.81 bits per heavy atom. The van der Waals surface area contributed by atoms with Gasteiger partial charge in [-0.2, -0.15) is 0 Å². The van der Waals surface area contributed by atoms with Gasteiger partial charge in [-0.05, 0) is 35.5 Å². The lowest BCUT2D eigenvalue weighted by atomic mass is 10.2. The van der Waals surface area contributed by atoms with E-state index in [0.717, 1.165) is 40.8 Å². The molecular weight excluding hydrogens is 432 g/mol. The quantitative estimate of drug-likeness (QED) is 0.655. The molecule has 0 aliphatic carbocycles. The molecule has 1 aromatic carbocycles. The van der Waals surface area contributed by atoms with Crippen molar-refractivity contribution in [2.24, 2.45) is 0 Å². The van der Waals surface area contributed by atoms with Crippen molar-refractivity contribution in [2.75, 3.05) is 31.2 Å². The summed E-state index contributed by atoms with van der Waals surface area (Å²) < 4.78 is 12.1. The second-order valence-electron chi connectivity index (χ2n) is 6.17. The Morgan fingerprint density at radius 1 is 1.07 bits per heavy atom. The van der Waals surface area contributed by atoms with Gasteiger partial charge in [-0.25, -0.2) is 0 Å². The largest absolute Gasteiger partial charge is 0.441 e. The molecule has 6 nitrogen and oxygen atoms in total. The van der Waals surface area contributed by atoms with Crippen LogP contribution < -0.4 is 4.90 Å². The number of carbonyl (C=O) groups is 2. The maximum Gasteiger partial charge on any atom is 0.293 e. The van der Waals surface area contributed by atoms with Crippen molar-refractivity contribution < 1.29 is 18.7 Å². The first-order valence-corrected chi connectivity index (χ1v) is 10.1. The fourth-order valence-corrected chi connectivity index (χ4v) is 3.99. The number of hydrogen-bond acceptors (Lipinski definition) is 6. The molecule has 0 N–H and O–H groups in total. The lowest BCUT2D eigenvalue weighted by Gasteiger charge is -2.26. The Kier molecular flexibility index (Phi) is 5.38. The first kappa shape index (κ1) is 18.3. The number of morpholine rings is 1. The number of furan rings is 1. The highest BCUT2D eigenvalue weighted by molar-refractivity contribution is 9.10. The predicted octanol–water partition coefficient (Wildman–Crippen LogP) is 4.12. The molecule has 2 saturated heterocycles. The van der Waals surface area contributed by atoms with Crippen LogP contribution in [0.5, 0.6) is 0 Å². The zero-order valence-corrected chi connectivity index (χ0v) is 16.8. The molecule has 0 unspecified atom stereocenters. The number of ether oxygens (including phenoxy) is 1. The second kappa shape index (κ2) is 7.92. The van der Waals surface area contributed by atoms with Crippen LogP contribution in [-0.2, 0) is 16.1 Å². The van der Waals surface area contributed by atoms with E-state index in [4.69, 9.17) is 9.15 Å². The second-order valence-corrected chi connectivity index (χ2v) is 8.08. The van der Waals surface area contributed by atoms with Crippen molar-refractivity contribution in [3.8, 4) is 0 Å². The van der Waals surface area contributed by atoms with Crippen LogP contribution in [0.4, 0.5) is 10.7 Å². The molecular formula is C19H17BrN2O4S. The summed E-state index contributed by atoms with van der Waals surface area (Å²) in [5, 5.41) is -0.269. The average Bonchev–Trinajstić information content (AvgIpc) is 3.25. The Balaban J connectivity index is 1.47. The highest BCUT2D eigenvalue weighted by atomic mass is 79.9. The van der Waals surface area contributed by atoms with Crippen molar-refractivity contribution in [3.05, 3.63) is 57.1 Å². The summed E-state index contributed by atoms with van der Waals surface area (Å²) in [4.78, 5) is 28.6. The van der Waals surface area contributed by atoms with Crippen LogP contribution in [-0.4, -0.2) is 42.3 Å². The number of hydrogen-bond donors (Lipinski definition) is 0. The molecule has 0 bridgehead atoms. The summed E-state index contributed by atoms with van der Waals surface area (Å²) in [7, 11) is 0. The molecule has 0 saturated carbocycles. The molecule has 2 aromatic rings. The summed E-state index contributed by atoms with van der Waals surface area (Å²) >= 11 is 4.32. The van der Waals surface area contributed by atoms with Gasteiger partial charge in [-0.1, -0.05) is 28.1 Å². The average molecular weight is 449 g/mol. The van der Waals surface area contributed by atoms with Crippen LogP contribution in [0.2, 0.25) is 0 Å². The number of imide groups is 1. The van der Waals surface area contributed by atoms with Crippen LogP contribution in [0.3, 0.4) is 0 Å². The lowest BCUT2D eigenvalue weighted by molar-refractivity contribution is -0.123. The van der Waals surface area contributed by atoms with Gasteiger partial charge in [0.15, 0.2) is 5.88 Å². The molecule has 2 fully saturated rings. The van der Waals surface area contributed by atoms with Gasteiger partial charge >= 0.3 is 0 Å². The van der Waals surface area contributed by atoms with E-state index in [-0.39, 0.29) is 17.7 Å². The smallest absolute Gasteiger partial charge is 0.293 e. The summed E-state index contributed by atoms with van der Waals surface area (Å²) in [6.07, 6.45) is 1.64. The van der Waals surface area contributed by atoms with Crippen molar-refractivity contribution in [3.63, 3.8) is 0 Å². The number of benzene rings is 1. The minimum Gasteiger partial charge on any atom is -0.441 e. The van der Waals surface area contributed by atoms with Gasteiger partial charge in [-0.15, -0.1) is 0 Å². The Bertz CT molecular complexity index is 887. The van der Waals surface area contributed by atoms with Crippen LogP contribution in [0, 0.1) is 0 Å². The van der Waals surface area contributed by atoms with Crippen molar-refractivity contribution in [2.45, 2.75) is 6.54 Å². The molecule has 0 spiro atoms. The summed E-state index contributed by atoms with van der Waals surface area (Å²) in [5.74, 6) is 1.02. The summed E-state index contributed by atoms with van der Waals surface area (Å²) in [5.41, 5.74) is 0.898. The van der Waals surface area contributed by atoms with Crippen LogP contribution in [0.15, 0.2) is 50.2 Å². The van der Waals surface area contributed by atoms with Gasteiger partial charge in [0, 0.05) is 29.7 Å². The molecule has 1 aromatic heterocycles. The minimum atomic E-state index is -0.294. The van der Waals surface area contributed by atoms with Crippen LogP contribution >= 0.6 is 27.7 Å². The number of nitrogens with zero attached hydrogens (tertiary/aromatic N) is 2. The van der Waals surface area contributed by atoms with E-state index < -0.39 is 0 Å². The van der Waals surface area contributed by atoms with Crippen molar-refractivity contribution in [1.29, 1.82) is 0 Å². The zero-order valence-electron chi connectivity index (χ0n) is 14.4. The Labute approximate surface area is 169 Å². The minimum absolute atomic E-state index is 0.256. The molecule has 2 aliphatic rings. The molecule has 140 valence electrons. The van der Waals surface area contributed by atoms with Gasteiger partial charge in [0.1, 0.15) is 5.76 Å². The van der Waals surface area contributed by atoms with E-state index in [2.05, 4.69) is 20.8 Å². The van der Waals surface area contributed by atoms with E-state index >= 15 is 0 Å². The van der Waals surface area contributed by atoms with Gasteiger partial charge in [-0.3, -0.25) is 14.5 Å². The standard InChI is InChI=1S/C19H17BrN2O4S/c20-14-3-1-13(2-4-14)12-22-18(23)16(27-19(22)24)11-15-5-6-17(26-15)21-7-9-25-10-8-21/h1-6,11H,7-10,12H2/b16-11+. The van der Waals surface area contributed by atoms with Crippen molar-refractivity contribution in [1.82, 2.24) is 4.90 Å². The number of thioether (sulfide) groups is 1. The molecule has 3 heterocycles. The maximum atomic E-state index is 12.6. The van der Waals surface area contributed by atoms with E-state index in [1.807, 2.05) is 36.4 Å². The van der Waals surface area contributed by atoms with Gasteiger partial charge in [0.05, 0.1) is 24.7 Å². The fourth-order valence-electron chi connectivity index (χ4n) is 2.91.